The summed E-state index contributed by atoms with van der Waals surface area (Å²) >= 11 is 6.28. The molecule has 2 rings (SSSR count). The molecule has 0 fully saturated rings. The van der Waals surface area contributed by atoms with Crippen LogP contribution in [0.2, 0.25) is 5.02 Å². The van der Waals surface area contributed by atoms with Gasteiger partial charge in [-0.05, 0) is 51.0 Å². The van der Waals surface area contributed by atoms with Crippen molar-refractivity contribution in [3.8, 4) is 11.8 Å². The van der Waals surface area contributed by atoms with Crippen molar-refractivity contribution in [1.82, 2.24) is 9.78 Å². The summed E-state index contributed by atoms with van der Waals surface area (Å²) in [4.78, 5) is 0. The van der Waals surface area contributed by atoms with E-state index in [-0.39, 0.29) is 0 Å². The number of aromatic nitrogens is 2. The van der Waals surface area contributed by atoms with Crippen molar-refractivity contribution in [3.63, 3.8) is 0 Å². The van der Waals surface area contributed by atoms with Gasteiger partial charge in [-0.1, -0.05) is 11.6 Å². The number of hydrogen-bond acceptors (Lipinski definition) is 3. The van der Waals surface area contributed by atoms with Gasteiger partial charge < -0.3 is 4.74 Å². The fraction of sp³-hybridized carbons (Fsp3) is 0.375. The van der Waals surface area contributed by atoms with Gasteiger partial charge in [-0.15, -0.1) is 0 Å². The molecule has 5 heteroatoms. The first-order chi connectivity index (χ1) is 9.97. The smallest absolute Gasteiger partial charge is 0.131 e. The predicted molar refractivity (Wildman–Crippen MR) is 82.6 cm³/mol. The topological polar surface area (TPSA) is 50.8 Å². The Labute approximate surface area is 129 Å². The van der Waals surface area contributed by atoms with Crippen LogP contribution in [0.4, 0.5) is 0 Å². The average molecular weight is 304 g/mol. The Bertz CT molecular complexity index is 690. The third-order valence-corrected chi connectivity index (χ3v) is 3.89. The van der Waals surface area contributed by atoms with E-state index in [2.05, 4.69) is 11.2 Å². The lowest BCUT2D eigenvalue weighted by Gasteiger charge is -2.13. The second-order valence-corrected chi connectivity index (χ2v) is 5.38. The summed E-state index contributed by atoms with van der Waals surface area (Å²) in [6.07, 6.45) is 0. The van der Waals surface area contributed by atoms with Crippen LogP contribution in [0.15, 0.2) is 12.1 Å². The van der Waals surface area contributed by atoms with E-state index in [1.807, 2.05) is 44.5 Å². The van der Waals surface area contributed by atoms with E-state index in [9.17, 15) is 0 Å². The van der Waals surface area contributed by atoms with Crippen molar-refractivity contribution in [3.05, 3.63) is 45.2 Å². The van der Waals surface area contributed by atoms with Crippen molar-refractivity contribution >= 4 is 11.6 Å². The highest BCUT2D eigenvalue weighted by molar-refractivity contribution is 6.31. The lowest BCUT2D eigenvalue weighted by Crippen LogP contribution is -2.07. The molecule has 1 aromatic heterocycles. The minimum Gasteiger partial charge on any atom is -0.487 e. The van der Waals surface area contributed by atoms with E-state index in [0.717, 1.165) is 34.8 Å². The minimum atomic E-state index is 0.362. The third kappa shape index (κ3) is 3.03. The van der Waals surface area contributed by atoms with Gasteiger partial charge in [-0.3, -0.25) is 4.68 Å². The Balaban J connectivity index is 2.27. The van der Waals surface area contributed by atoms with Crippen LogP contribution in [0.1, 0.15) is 35.0 Å². The summed E-state index contributed by atoms with van der Waals surface area (Å²) in [6, 6.07) is 5.80. The van der Waals surface area contributed by atoms with Gasteiger partial charge in [-0.2, -0.15) is 10.4 Å². The molecule has 0 bridgehead atoms. The first-order valence-electron chi connectivity index (χ1n) is 6.83. The molecule has 0 aliphatic heterocycles. The number of rotatable bonds is 4. The summed E-state index contributed by atoms with van der Waals surface area (Å²) in [5.74, 6) is 0.798. The molecule has 0 amide bonds. The molecular formula is C16H18ClN3O. The number of ether oxygens (including phenoxy) is 1. The maximum absolute atomic E-state index is 8.97. The van der Waals surface area contributed by atoms with Crippen LogP contribution in [0.25, 0.3) is 0 Å². The van der Waals surface area contributed by atoms with Gasteiger partial charge in [0.2, 0.25) is 0 Å². The van der Waals surface area contributed by atoms with Crippen LogP contribution in [-0.4, -0.2) is 9.78 Å². The van der Waals surface area contributed by atoms with Crippen molar-refractivity contribution < 1.29 is 4.74 Å². The van der Waals surface area contributed by atoms with Crippen LogP contribution < -0.4 is 4.74 Å². The fourth-order valence-electron chi connectivity index (χ4n) is 2.39. The first-order valence-corrected chi connectivity index (χ1v) is 7.21. The zero-order valence-electron chi connectivity index (χ0n) is 12.7. The summed E-state index contributed by atoms with van der Waals surface area (Å²) in [5.41, 5.74) is 4.22. The van der Waals surface area contributed by atoms with Crippen molar-refractivity contribution in [1.29, 1.82) is 5.26 Å². The number of halogens is 1. The third-order valence-electron chi connectivity index (χ3n) is 3.40. The summed E-state index contributed by atoms with van der Waals surface area (Å²) < 4.78 is 7.79. The molecule has 0 aliphatic rings. The Morgan fingerprint density at radius 2 is 1.90 bits per heavy atom. The maximum Gasteiger partial charge on any atom is 0.131 e. The molecule has 2 aromatic rings. The predicted octanol–water partition coefficient (Wildman–Crippen LogP) is 3.93. The molecule has 0 N–H and O–H groups in total. The van der Waals surface area contributed by atoms with Gasteiger partial charge in [0.05, 0.1) is 28.0 Å². The van der Waals surface area contributed by atoms with E-state index in [4.69, 9.17) is 21.6 Å². The molecule has 110 valence electrons. The number of benzene rings is 1. The molecule has 0 spiro atoms. The van der Waals surface area contributed by atoms with E-state index < -0.39 is 0 Å². The van der Waals surface area contributed by atoms with Gasteiger partial charge in [-0.25, -0.2) is 0 Å². The van der Waals surface area contributed by atoms with Crippen molar-refractivity contribution in [2.45, 2.75) is 40.8 Å². The van der Waals surface area contributed by atoms with Gasteiger partial charge >= 0.3 is 0 Å². The molecule has 1 heterocycles. The van der Waals surface area contributed by atoms with Gasteiger partial charge in [0, 0.05) is 6.54 Å². The van der Waals surface area contributed by atoms with Crippen LogP contribution in [0.3, 0.4) is 0 Å². The number of hydrogen-bond donors (Lipinski definition) is 0. The van der Waals surface area contributed by atoms with Gasteiger partial charge in [0.1, 0.15) is 12.4 Å². The second kappa shape index (κ2) is 6.19. The van der Waals surface area contributed by atoms with Crippen molar-refractivity contribution in [2.24, 2.45) is 0 Å². The van der Waals surface area contributed by atoms with Crippen molar-refractivity contribution in [2.75, 3.05) is 0 Å². The SMILES string of the molecule is CCn1nc(C)c(Cl)c1COc1c(C)cc(C#N)cc1C. The molecule has 0 saturated carbocycles. The molecule has 0 radical (unpaired) electrons. The molecule has 0 unspecified atom stereocenters. The Kier molecular flexibility index (Phi) is 4.54. The Hall–Kier alpha value is -1.99. The highest BCUT2D eigenvalue weighted by atomic mass is 35.5. The largest absolute Gasteiger partial charge is 0.487 e. The lowest BCUT2D eigenvalue weighted by molar-refractivity contribution is 0.288. The average Bonchev–Trinajstić information content (AvgIpc) is 2.73. The number of nitrogens with zero attached hydrogens (tertiary/aromatic N) is 3. The monoisotopic (exact) mass is 303 g/mol. The Morgan fingerprint density at radius 1 is 1.29 bits per heavy atom. The molecule has 0 atom stereocenters. The van der Waals surface area contributed by atoms with E-state index in [0.29, 0.717) is 17.2 Å². The molecule has 0 aliphatic carbocycles. The lowest BCUT2D eigenvalue weighted by atomic mass is 10.1. The second-order valence-electron chi connectivity index (χ2n) is 5.00. The Morgan fingerprint density at radius 3 is 2.43 bits per heavy atom. The minimum absolute atomic E-state index is 0.362. The summed E-state index contributed by atoms with van der Waals surface area (Å²) in [7, 11) is 0. The van der Waals surface area contributed by atoms with Crippen LogP contribution in [0, 0.1) is 32.1 Å². The normalized spacial score (nSPS) is 10.5. The first kappa shape index (κ1) is 15.4. The molecule has 0 saturated heterocycles. The van der Waals surface area contributed by atoms with Crippen LogP contribution in [-0.2, 0) is 13.2 Å². The molecule has 1 aromatic carbocycles. The molecule has 21 heavy (non-hydrogen) atoms. The zero-order valence-corrected chi connectivity index (χ0v) is 13.5. The zero-order chi connectivity index (χ0) is 15.6. The van der Waals surface area contributed by atoms with E-state index in [1.165, 1.54) is 0 Å². The molecule has 4 nitrogen and oxygen atoms in total. The summed E-state index contributed by atoms with van der Waals surface area (Å²) in [5, 5.41) is 14.0. The summed E-state index contributed by atoms with van der Waals surface area (Å²) in [6.45, 7) is 8.89. The van der Waals surface area contributed by atoms with Gasteiger partial charge in [0.25, 0.3) is 0 Å². The van der Waals surface area contributed by atoms with E-state index >= 15 is 0 Å². The van der Waals surface area contributed by atoms with Crippen LogP contribution in [0.5, 0.6) is 5.75 Å². The maximum atomic E-state index is 8.97. The number of aryl methyl sites for hydroxylation is 4. The standard InChI is InChI=1S/C16H18ClN3O/c1-5-20-14(15(17)12(4)19-20)9-21-16-10(2)6-13(8-18)7-11(16)3/h6-7H,5,9H2,1-4H3. The van der Waals surface area contributed by atoms with E-state index in [1.54, 1.807) is 0 Å². The van der Waals surface area contributed by atoms with Crippen LogP contribution >= 0.6 is 11.6 Å². The highest BCUT2D eigenvalue weighted by Gasteiger charge is 2.14. The highest BCUT2D eigenvalue weighted by Crippen LogP contribution is 2.27. The number of nitriles is 1. The fourth-order valence-corrected chi connectivity index (χ4v) is 2.58. The quantitative estimate of drug-likeness (QED) is 0.860. The van der Waals surface area contributed by atoms with Gasteiger partial charge in [0.15, 0.2) is 0 Å². The molecular weight excluding hydrogens is 286 g/mol.